The number of hydrogen-bond donors (Lipinski definition) is 0. The highest BCUT2D eigenvalue weighted by atomic mass is 32.2. The Bertz CT molecular complexity index is 1410. The number of amides is 1. The Morgan fingerprint density at radius 3 is 2.23 bits per heavy atom. The number of aliphatic imine (C=N–C) groups is 1. The van der Waals surface area contributed by atoms with Gasteiger partial charge in [0.2, 0.25) is 0 Å². The van der Waals surface area contributed by atoms with Gasteiger partial charge in [0.1, 0.15) is 5.75 Å². The Morgan fingerprint density at radius 2 is 1.51 bits per heavy atom. The van der Waals surface area contributed by atoms with Crippen molar-refractivity contribution in [2.75, 3.05) is 11.5 Å². The van der Waals surface area contributed by atoms with Crippen LogP contribution in [0.2, 0.25) is 0 Å². The van der Waals surface area contributed by atoms with Crippen LogP contribution < -0.4 is 9.64 Å². The molecule has 1 aliphatic rings. The van der Waals surface area contributed by atoms with Gasteiger partial charge in [-0.3, -0.25) is 9.69 Å². The van der Waals surface area contributed by atoms with E-state index in [0.717, 1.165) is 33.5 Å². The van der Waals surface area contributed by atoms with Crippen LogP contribution in [0.5, 0.6) is 5.75 Å². The maximum absolute atomic E-state index is 13.6. The second kappa shape index (κ2) is 10.2. The molecule has 1 fully saturated rings. The Hall–Kier alpha value is -3.83. The first-order valence-corrected chi connectivity index (χ1v) is 12.5. The van der Waals surface area contributed by atoms with Gasteiger partial charge in [-0.1, -0.05) is 80.6 Å². The van der Waals surface area contributed by atoms with Crippen LogP contribution in [-0.4, -0.2) is 17.7 Å². The summed E-state index contributed by atoms with van der Waals surface area (Å²) in [6, 6.07) is 31.6. The summed E-state index contributed by atoms with van der Waals surface area (Å²) in [6.07, 6.45) is 1.96. The number of rotatable bonds is 6. The zero-order valence-electron chi connectivity index (χ0n) is 19.7. The van der Waals surface area contributed by atoms with Gasteiger partial charge in [-0.2, -0.15) is 0 Å². The zero-order valence-corrected chi connectivity index (χ0v) is 20.5. The highest BCUT2D eigenvalue weighted by Gasteiger charge is 2.34. The van der Waals surface area contributed by atoms with Crippen LogP contribution in [0.4, 0.5) is 11.4 Å². The third kappa shape index (κ3) is 5.00. The molecule has 1 aliphatic heterocycles. The lowest BCUT2D eigenvalue weighted by atomic mass is 10.0. The molecule has 0 saturated carbocycles. The van der Waals surface area contributed by atoms with E-state index in [2.05, 4.69) is 26.0 Å². The fourth-order valence-electron chi connectivity index (χ4n) is 3.91. The molecule has 1 saturated heterocycles. The summed E-state index contributed by atoms with van der Waals surface area (Å²) >= 11 is 1.39. The molecule has 1 heterocycles. The van der Waals surface area contributed by atoms with E-state index >= 15 is 0 Å². The van der Waals surface area contributed by atoms with Gasteiger partial charge >= 0.3 is 0 Å². The largest absolute Gasteiger partial charge is 0.493 e. The summed E-state index contributed by atoms with van der Waals surface area (Å²) in [5, 5.41) is 2.73. The van der Waals surface area contributed by atoms with Crippen molar-refractivity contribution in [2.45, 2.75) is 13.8 Å². The summed E-state index contributed by atoms with van der Waals surface area (Å²) in [5.74, 6) is 1.22. The number of anilines is 1. The minimum absolute atomic E-state index is 0.0832. The minimum atomic E-state index is -0.0832. The first-order chi connectivity index (χ1) is 17.1. The van der Waals surface area contributed by atoms with Crippen LogP contribution in [0, 0.1) is 5.92 Å². The molecular weight excluding hydrogens is 452 g/mol. The lowest BCUT2D eigenvalue weighted by Gasteiger charge is -2.15. The average Bonchev–Trinajstić information content (AvgIpc) is 3.18. The van der Waals surface area contributed by atoms with Crippen molar-refractivity contribution in [3.8, 4) is 5.75 Å². The van der Waals surface area contributed by atoms with Crippen molar-refractivity contribution >= 4 is 51.1 Å². The summed E-state index contributed by atoms with van der Waals surface area (Å²) < 4.78 is 6.06. The van der Waals surface area contributed by atoms with Crippen molar-refractivity contribution in [2.24, 2.45) is 10.9 Å². The van der Waals surface area contributed by atoms with Crippen LogP contribution in [-0.2, 0) is 4.79 Å². The average molecular weight is 479 g/mol. The number of carbonyl (C=O) groups is 1. The van der Waals surface area contributed by atoms with E-state index in [1.165, 1.54) is 11.8 Å². The van der Waals surface area contributed by atoms with E-state index in [-0.39, 0.29) is 5.91 Å². The van der Waals surface area contributed by atoms with Crippen molar-refractivity contribution < 1.29 is 9.53 Å². The fraction of sp³-hybridized carbons (Fsp3) is 0.133. The molecule has 1 amide bonds. The maximum atomic E-state index is 13.6. The second-order valence-corrected chi connectivity index (χ2v) is 9.73. The summed E-state index contributed by atoms with van der Waals surface area (Å²) in [4.78, 5) is 20.7. The van der Waals surface area contributed by atoms with Crippen LogP contribution in [0.3, 0.4) is 0 Å². The molecule has 4 nitrogen and oxygen atoms in total. The molecule has 0 unspecified atom stereocenters. The molecule has 5 heteroatoms. The lowest BCUT2D eigenvalue weighted by molar-refractivity contribution is -0.113. The number of hydrogen-bond acceptors (Lipinski definition) is 4. The molecule has 174 valence electrons. The number of nitrogens with zero attached hydrogens (tertiary/aromatic N) is 2. The topological polar surface area (TPSA) is 41.9 Å². The lowest BCUT2D eigenvalue weighted by Crippen LogP contribution is -2.28. The van der Waals surface area contributed by atoms with Gasteiger partial charge in [0.15, 0.2) is 5.17 Å². The quantitative estimate of drug-likeness (QED) is 0.267. The fourth-order valence-corrected chi connectivity index (χ4v) is 4.90. The number of para-hydroxylation sites is 2. The van der Waals surface area contributed by atoms with Gasteiger partial charge < -0.3 is 4.74 Å². The van der Waals surface area contributed by atoms with Gasteiger partial charge in [0.25, 0.3) is 5.91 Å². The van der Waals surface area contributed by atoms with Gasteiger partial charge in [-0.25, -0.2) is 4.99 Å². The van der Waals surface area contributed by atoms with Crippen LogP contribution in [0.25, 0.3) is 16.8 Å². The van der Waals surface area contributed by atoms with Crippen molar-refractivity contribution in [3.63, 3.8) is 0 Å². The number of ether oxygens (including phenoxy) is 1. The Kier molecular flexibility index (Phi) is 6.68. The molecule has 0 N–H and O–H groups in total. The highest BCUT2D eigenvalue weighted by molar-refractivity contribution is 8.19. The second-order valence-electron chi connectivity index (χ2n) is 8.72. The first-order valence-electron chi connectivity index (χ1n) is 11.7. The smallest absolute Gasteiger partial charge is 0.271 e. The molecule has 0 aromatic heterocycles. The molecular formula is C30H26N2O2S. The number of fused-ring (bicyclic) bond motifs is 1. The molecule has 5 rings (SSSR count). The predicted octanol–water partition coefficient (Wildman–Crippen LogP) is 7.68. The van der Waals surface area contributed by atoms with Gasteiger partial charge in [0.05, 0.1) is 22.9 Å². The summed E-state index contributed by atoms with van der Waals surface area (Å²) in [7, 11) is 0. The molecule has 0 radical (unpaired) electrons. The number of benzene rings is 4. The standard InChI is InChI=1S/C30H26N2O2S/c1-21(2)20-34-27-18-17-22(25-15-9-10-16-26(25)27)19-28-29(33)32(24-13-7-4-8-14-24)30(35-28)31-23-11-5-3-6-12-23/h3-19,21H,20H2,1-2H3/b28-19+,31-30?. The van der Waals surface area contributed by atoms with E-state index < -0.39 is 0 Å². The normalized spacial score (nSPS) is 16.1. The molecule has 0 bridgehead atoms. The monoisotopic (exact) mass is 478 g/mol. The Morgan fingerprint density at radius 1 is 0.857 bits per heavy atom. The third-order valence-corrected chi connectivity index (χ3v) is 6.55. The first kappa shape index (κ1) is 22.9. The van der Waals surface area contributed by atoms with Crippen molar-refractivity contribution in [1.82, 2.24) is 0 Å². The summed E-state index contributed by atoms with van der Waals surface area (Å²) in [6.45, 7) is 4.93. The van der Waals surface area contributed by atoms with Crippen molar-refractivity contribution in [1.29, 1.82) is 0 Å². The van der Waals surface area contributed by atoms with Crippen LogP contribution in [0.1, 0.15) is 19.4 Å². The van der Waals surface area contributed by atoms with Crippen LogP contribution in [0.15, 0.2) is 107 Å². The molecule has 4 aromatic carbocycles. The Balaban J connectivity index is 1.56. The van der Waals surface area contributed by atoms with Gasteiger partial charge in [0, 0.05) is 5.39 Å². The number of carbonyl (C=O) groups excluding carboxylic acids is 1. The molecule has 0 atom stereocenters. The zero-order chi connectivity index (χ0) is 24.2. The number of amidine groups is 1. The summed E-state index contributed by atoms with van der Waals surface area (Å²) in [5.41, 5.74) is 2.58. The van der Waals surface area contributed by atoms with Crippen molar-refractivity contribution in [3.05, 3.63) is 108 Å². The highest BCUT2D eigenvalue weighted by Crippen LogP contribution is 2.39. The molecule has 0 aliphatic carbocycles. The van der Waals surface area contributed by atoms with Crippen LogP contribution >= 0.6 is 11.8 Å². The van der Waals surface area contributed by atoms with E-state index in [0.29, 0.717) is 22.6 Å². The Labute approximate surface area is 210 Å². The third-order valence-electron chi connectivity index (χ3n) is 5.58. The van der Waals surface area contributed by atoms with E-state index in [1.807, 2.05) is 91.0 Å². The SMILES string of the molecule is CC(C)COc1ccc(/C=C2/SC(=Nc3ccccc3)N(c3ccccc3)C2=O)c2ccccc12. The van der Waals surface area contributed by atoms with Gasteiger partial charge in [-0.15, -0.1) is 0 Å². The molecule has 4 aromatic rings. The number of thioether (sulfide) groups is 1. The molecule has 0 spiro atoms. The van der Waals surface area contributed by atoms with E-state index in [1.54, 1.807) is 4.90 Å². The van der Waals surface area contributed by atoms with E-state index in [4.69, 9.17) is 9.73 Å². The maximum Gasteiger partial charge on any atom is 0.271 e. The van der Waals surface area contributed by atoms with E-state index in [9.17, 15) is 4.79 Å². The predicted molar refractivity (Wildman–Crippen MR) is 147 cm³/mol. The molecule has 35 heavy (non-hydrogen) atoms. The minimum Gasteiger partial charge on any atom is -0.493 e. The van der Waals surface area contributed by atoms with Gasteiger partial charge in [-0.05, 0) is 65.0 Å².